The number of anilines is 3. The van der Waals surface area contributed by atoms with Crippen molar-refractivity contribution < 1.29 is 14.3 Å². The van der Waals surface area contributed by atoms with Gasteiger partial charge in [-0.25, -0.2) is 0 Å². The second-order valence-corrected chi connectivity index (χ2v) is 8.10. The van der Waals surface area contributed by atoms with E-state index >= 15 is 0 Å². The van der Waals surface area contributed by atoms with Crippen LogP contribution in [0.25, 0.3) is 0 Å². The van der Waals surface area contributed by atoms with Crippen LogP contribution < -0.4 is 20.3 Å². The fraction of sp³-hybridized carbons (Fsp3) is 0.440. The summed E-state index contributed by atoms with van der Waals surface area (Å²) in [5.41, 5.74) is 2.59. The minimum absolute atomic E-state index is 0.130. The second kappa shape index (κ2) is 12.1. The van der Waals surface area contributed by atoms with Gasteiger partial charge in [0.15, 0.2) is 0 Å². The third kappa shape index (κ3) is 6.99. The van der Waals surface area contributed by atoms with Gasteiger partial charge in [0.25, 0.3) is 0 Å². The van der Waals surface area contributed by atoms with E-state index in [9.17, 15) is 9.59 Å². The molecule has 172 valence electrons. The zero-order chi connectivity index (χ0) is 22.8. The molecule has 0 unspecified atom stereocenters. The molecule has 7 heteroatoms. The smallest absolute Gasteiger partial charge is 0.238 e. The van der Waals surface area contributed by atoms with E-state index in [4.69, 9.17) is 4.74 Å². The van der Waals surface area contributed by atoms with E-state index in [1.165, 1.54) is 24.9 Å². The van der Waals surface area contributed by atoms with Gasteiger partial charge in [-0.05, 0) is 68.6 Å². The average molecular weight is 439 g/mol. The summed E-state index contributed by atoms with van der Waals surface area (Å²) in [6.07, 6.45) is 4.61. The molecular weight excluding hydrogens is 404 g/mol. The Bertz CT molecular complexity index is 879. The number of methoxy groups -OCH3 is 1. The molecule has 1 saturated heterocycles. The van der Waals surface area contributed by atoms with Gasteiger partial charge < -0.3 is 20.3 Å². The normalized spacial score (nSPS) is 13.7. The van der Waals surface area contributed by atoms with Crippen LogP contribution in [0.1, 0.15) is 32.6 Å². The summed E-state index contributed by atoms with van der Waals surface area (Å²) < 4.78 is 5.28. The van der Waals surface area contributed by atoms with Crippen molar-refractivity contribution in [3.8, 4) is 5.75 Å². The molecule has 32 heavy (non-hydrogen) atoms. The lowest BCUT2D eigenvalue weighted by molar-refractivity contribution is -0.120. The van der Waals surface area contributed by atoms with Crippen LogP contribution in [0.2, 0.25) is 0 Å². The van der Waals surface area contributed by atoms with Crippen molar-refractivity contribution in [3.05, 3.63) is 48.5 Å². The molecule has 2 N–H and O–H groups in total. The number of para-hydroxylation sites is 2. The summed E-state index contributed by atoms with van der Waals surface area (Å²) in [6.45, 7) is 5.15. The Labute approximate surface area is 190 Å². The molecule has 2 aromatic rings. The van der Waals surface area contributed by atoms with E-state index in [1.54, 1.807) is 19.2 Å². The van der Waals surface area contributed by atoms with Gasteiger partial charge >= 0.3 is 0 Å². The average Bonchev–Trinajstić information content (AvgIpc) is 2.80. The van der Waals surface area contributed by atoms with Crippen molar-refractivity contribution in [2.45, 2.75) is 32.6 Å². The van der Waals surface area contributed by atoms with Crippen LogP contribution in [0.5, 0.6) is 5.75 Å². The van der Waals surface area contributed by atoms with Gasteiger partial charge in [-0.1, -0.05) is 19.1 Å². The molecule has 2 amide bonds. The topological polar surface area (TPSA) is 73.9 Å². The SMILES string of the molecule is CCCN(CC(=O)Nc1ccc(N2CCCCC2)cc1)CC(=O)Nc1ccccc1OC. The zero-order valence-corrected chi connectivity index (χ0v) is 19.1. The molecule has 3 rings (SSSR count). The quantitative estimate of drug-likeness (QED) is 0.587. The van der Waals surface area contributed by atoms with Gasteiger partial charge in [0, 0.05) is 24.5 Å². The van der Waals surface area contributed by atoms with Crippen LogP contribution >= 0.6 is 0 Å². The number of nitrogens with zero attached hydrogens (tertiary/aromatic N) is 2. The van der Waals surface area contributed by atoms with Crippen LogP contribution in [0.15, 0.2) is 48.5 Å². The van der Waals surface area contributed by atoms with Gasteiger partial charge in [0.05, 0.1) is 25.9 Å². The minimum Gasteiger partial charge on any atom is -0.495 e. The first kappa shape index (κ1) is 23.6. The summed E-state index contributed by atoms with van der Waals surface area (Å²) in [6, 6.07) is 15.3. The highest BCUT2D eigenvalue weighted by Gasteiger charge is 2.16. The molecule has 1 heterocycles. The summed E-state index contributed by atoms with van der Waals surface area (Å²) in [4.78, 5) is 29.4. The minimum atomic E-state index is -0.179. The number of carbonyl (C=O) groups excluding carboxylic acids is 2. The molecule has 0 atom stereocenters. The summed E-state index contributed by atoms with van der Waals surface area (Å²) >= 11 is 0. The van der Waals surface area contributed by atoms with Crippen LogP contribution in [0, 0.1) is 0 Å². The molecule has 7 nitrogen and oxygen atoms in total. The van der Waals surface area contributed by atoms with Gasteiger partial charge in [0.2, 0.25) is 11.8 Å². The number of nitrogens with one attached hydrogen (secondary N) is 2. The fourth-order valence-electron chi connectivity index (χ4n) is 3.98. The standard InChI is InChI=1S/C25H34N4O3/c1-3-15-28(19-25(31)27-22-9-5-6-10-23(22)32-2)18-24(30)26-20-11-13-21(14-12-20)29-16-7-4-8-17-29/h5-6,9-14H,3-4,7-8,15-19H2,1-2H3,(H,26,30)(H,27,31). The Hall–Kier alpha value is -3.06. The number of hydrogen-bond acceptors (Lipinski definition) is 5. The van der Waals surface area contributed by atoms with Crippen LogP contribution in [-0.4, -0.2) is 56.5 Å². The van der Waals surface area contributed by atoms with Crippen LogP contribution in [0.4, 0.5) is 17.1 Å². The zero-order valence-electron chi connectivity index (χ0n) is 19.1. The predicted octanol–water partition coefficient (Wildman–Crippen LogP) is 3.97. The molecular formula is C25H34N4O3. The van der Waals surface area contributed by atoms with Crippen molar-refractivity contribution >= 4 is 28.9 Å². The van der Waals surface area contributed by atoms with Crippen molar-refractivity contribution in [1.29, 1.82) is 0 Å². The van der Waals surface area contributed by atoms with Crippen molar-refractivity contribution in [3.63, 3.8) is 0 Å². The summed E-state index contributed by atoms with van der Waals surface area (Å²) in [5.74, 6) is 0.296. The number of carbonyl (C=O) groups is 2. The molecule has 1 aliphatic rings. The van der Waals surface area contributed by atoms with E-state index in [0.29, 0.717) is 18.0 Å². The highest BCUT2D eigenvalue weighted by atomic mass is 16.5. The monoisotopic (exact) mass is 438 g/mol. The molecule has 0 saturated carbocycles. The van der Waals surface area contributed by atoms with E-state index in [-0.39, 0.29) is 24.9 Å². The molecule has 2 aromatic carbocycles. The maximum absolute atomic E-state index is 12.6. The number of hydrogen-bond donors (Lipinski definition) is 2. The lowest BCUT2D eigenvalue weighted by Gasteiger charge is -2.28. The molecule has 0 radical (unpaired) electrons. The number of amides is 2. The van der Waals surface area contributed by atoms with Crippen LogP contribution in [-0.2, 0) is 9.59 Å². The third-order valence-electron chi connectivity index (χ3n) is 5.53. The van der Waals surface area contributed by atoms with Crippen LogP contribution in [0.3, 0.4) is 0 Å². The largest absolute Gasteiger partial charge is 0.495 e. The van der Waals surface area contributed by atoms with E-state index in [2.05, 4.69) is 27.7 Å². The van der Waals surface area contributed by atoms with Gasteiger partial charge in [-0.3, -0.25) is 14.5 Å². The molecule has 1 aliphatic heterocycles. The number of rotatable bonds is 10. The molecule has 0 aromatic heterocycles. The first-order valence-electron chi connectivity index (χ1n) is 11.4. The number of piperidine rings is 1. The van der Waals surface area contributed by atoms with E-state index < -0.39 is 0 Å². The highest BCUT2D eigenvalue weighted by Crippen LogP contribution is 2.23. The Balaban J connectivity index is 1.52. The van der Waals surface area contributed by atoms with Gasteiger partial charge in [0.1, 0.15) is 5.75 Å². The third-order valence-corrected chi connectivity index (χ3v) is 5.53. The number of benzene rings is 2. The Kier molecular flexibility index (Phi) is 8.92. The van der Waals surface area contributed by atoms with Crippen molar-refractivity contribution in [1.82, 2.24) is 4.90 Å². The predicted molar refractivity (Wildman–Crippen MR) is 129 cm³/mol. The summed E-state index contributed by atoms with van der Waals surface area (Å²) in [5, 5.41) is 5.82. The lowest BCUT2D eigenvalue weighted by Crippen LogP contribution is -2.39. The summed E-state index contributed by atoms with van der Waals surface area (Å²) in [7, 11) is 1.57. The molecule has 0 spiro atoms. The molecule has 0 aliphatic carbocycles. The van der Waals surface area contributed by atoms with Crippen molar-refractivity contribution in [2.75, 3.05) is 55.4 Å². The molecule has 1 fully saturated rings. The Morgan fingerprint density at radius 1 is 0.938 bits per heavy atom. The van der Waals surface area contributed by atoms with E-state index in [0.717, 1.165) is 25.2 Å². The first-order chi connectivity index (χ1) is 15.6. The maximum Gasteiger partial charge on any atom is 0.238 e. The number of ether oxygens (including phenoxy) is 1. The molecule has 0 bridgehead atoms. The maximum atomic E-state index is 12.6. The first-order valence-corrected chi connectivity index (χ1v) is 11.4. The van der Waals surface area contributed by atoms with Gasteiger partial charge in [-0.15, -0.1) is 0 Å². The fourth-order valence-corrected chi connectivity index (χ4v) is 3.98. The highest BCUT2D eigenvalue weighted by molar-refractivity contribution is 5.95. The Morgan fingerprint density at radius 2 is 1.59 bits per heavy atom. The van der Waals surface area contributed by atoms with Gasteiger partial charge in [-0.2, -0.15) is 0 Å². The van der Waals surface area contributed by atoms with E-state index in [1.807, 2.05) is 36.1 Å². The Morgan fingerprint density at radius 3 is 2.25 bits per heavy atom. The second-order valence-electron chi connectivity index (χ2n) is 8.10. The van der Waals surface area contributed by atoms with Crippen molar-refractivity contribution in [2.24, 2.45) is 0 Å². The lowest BCUT2D eigenvalue weighted by atomic mass is 10.1.